The van der Waals surface area contributed by atoms with Gasteiger partial charge in [0.25, 0.3) is 0 Å². The number of thiazole rings is 1. The van der Waals surface area contributed by atoms with E-state index in [0.29, 0.717) is 21.8 Å². The fourth-order valence-electron chi connectivity index (χ4n) is 2.53. The van der Waals surface area contributed by atoms with E-state index in [1.807, 2.05) is 24.4 Å². The van der Waals surface area contributed by atoms with E-state index in [1.165, 1.54) is 23.5 Å². The third kappa shape index (κ3) is 4.32. The lowest BCUT2D eigenvalue weighted by atomic mass is 10.1. The van der Waals surface area contributed by atoms with Crippen molar-refractivity contribution < 1.29 is 9.18 Å². The molecule has 3 aromatic rings. The molecule has 1 heterocycles. The van der Waals surface area contributed by atoms with Gasteiger partial charge >= 0.3 is 0 Å². The molecule has 0 aliphatic carbocycles. The maximum Gasteiger partial charge on any atom is 0.226 e. The molecule has 1 aromatic heterocycles. The third-order valence-electron chi connectivity index (χ3n) is 3.88. The van der Waals surface area contributed by atoms with Crippen molar-refractivity contribution in [3.8, 4) is 16.6 Å². The predicted octanol–water partition coefficient (Wildman–Crippen LogP) is 4.24. The van der Waals surface area contributed by atoms with E-state index in [0.717, 1.165) is 5.56 Å². The number of nitrogens with one attached hydrogen (secondary N) is 1. The first-order valence-corrected chi connectivity index (χ1v) is 8.93. The molecule has 0 saturated carbocycles. The molecule has 0 spiro atoms. The number of carbonyl (C=O) groups is 1. The summed E-state index contributed by atoms with van der Waals surface area (Å²) in [6, 6.07) is 15.2. The average molecular weight is 365 g/mol. The molecule has 1 amide bonds. The highest BCUT2D eigenvalue weighted by molar-refractivity contribution is 7.13. The summed E-state index contributed by atoms with van der Waals surface area (Å²) in [7, 11) is 0. The number of amides is 1. The molecule has 26 heavy (non-hydrogen) atoms. The Hall–Kier alpha value is -3.04. The van der Waals surface area contributed by atoms with Gasteiger partial charge in [-0.1, -0.05) is 24.3 Å². The normalized spacial score (nSPS) is 11.6. The largest absolute Gasteiger partial charge is 0.349 e. The summed E-state index contributed by atoms with van der Waals surface area (Å²) in [5, 5.41) is 14.3. The van der Waals surface area contributed by atoms with Crippen LogP contribution in [0, 0.1) is 17.1 Å². The quantitative estimate of drug-likeness (QED) is 0.735. The number of nitriles is 1. The molecule has 0 saturated heterocycles. The summed E-state index contributed by atoms with van der Waals surface area (Å²) in [4.78, 5) is 16.7. The summed E-state index contributed by atoms with van der Waals surface area (Å²) in [6.07, 6.45) is 0.159. The summed E-state index contributed by atoms with van der Waals surface area (Å²) in [5.74, 6) is -0.453. The van der Waals surface area contributed by atoms with Crippen molar-refractivity contribution in [3.63, 3.8) is 0 Å². The third-order valence-corrected chi connectivity index (χ3v) is 4.82. The zero-order valence-electron chi connectivity index (χ0n) is 14.1. The first kappa shape index (κ1) is 17.8. The number of hydrogen-bond donors (Lipinski definition) is 1. The molecular formula is C20H16FN3OS. The maximum atomic E-state index is 13.3. The molecule has 0 aliphatic rings. The van der Waals surface area contributed by atoms with Gasteiger partial charge in [0.1, 0.15) is 10.8 Å². The van der Waals surface area contributed by atoms with Gasteiger partial charge in [0.2, 0.25) is 5.91 Å². The monoisotopic (exact) mass is 365 g/mol. The maximum absolute atomic E-state index is 13.3. The Morgan fingerprint density at radius 3 is 2.77 bits per heavy atom. The van der Waals surface area contributed by atoms with Crippen LogP contribution in [-0.4, -0.2) is 10.9 Å². The van der Waals surface area contributed by atoms with Crippen LogP contribution in [0.1, 0.15) is 29.8 Å². The van der Waals surface area contributed by atoms with Crippen molar-refractivity contribution in [2.24, 2.45) is 0 Å². The number of aromatic nitrogens is 1. The van der Waals surface area contributed by atoms with Crippen molar-refractivity contribution in [1.82, 2.24) is 10.3 Å². The standard InChI is InChI=1S/C20H16FN3OS/c1-13(15-7-5-14(11-22)6-8-15)23-19(25)10-18-12-26-20(24-18)16-3-2-4-17(21)9-16/h2-9,12-13H,10H2,1H3,(H,23,25). The smallest absolute Gasteiger partial charge is 0.226 e. The molecule has 6 heteroatoms. The molecule has 0 bridgehead atoms. The lowest BCUT2D eigenvalue weighted by Crippen LogP contribution is -2.28. The topological polar surface area (TPSA) is 65.8 Å². The van der Waals surface area contributed by atoms with Gasteiger partial charge in [0.05, 0.1) is 29.8 Å². The molecule has 0 radical (unpaired) electrons. The lowest BCUT2D eigenvalue weighted by Gasteiger charge is -2.14. The van der Waals surface area contributed by atoms with Crippen molar-refractivity contribution in [2.75, 3.05) is 0 Å². The molecule has 4 nitrogen and oxygen atoms in total. The van der Waals surface area contributed by atoms with Gasteiger partial charge in [-0.15, -0.1) is 11.3 Å². The molecule has 130 valence electrons. The second-order valence-corrected chi connectivity index (χ2v) is 6.71. The fraction of sp³-hybridized carbons (Fsp3) is 0.150. The first-order valence-electron chi connectivity index (χ1n) is 8.05. The van der Waals surface area contributed by atoms with Gasteiger partial charge in [-0.2, -0.15) is 5.26 Å². The Morgan fingerprint density at radius 2 is 2.08 bits per heavy atom. The van der Waals surface area contributed by atoms with E-state index in [4.69, 9.17) is 5.26 Å². The number of hydrogen-bond acceptors (Lipinski definition) is 4. The van der Waals surface area contributed by atoms with Crippen molar-refractivity contribution in [2.45, 2.75) is 19.4 Å². The molecule has 0 aliphatic heterocycles. The SMILES string of the molecule is CC(NC(=O)Cc1csc(-c2cccc(F)c2)n1)c1ccc(C#N)cc1. The van der Waals surface area contributed by atoms with Crippen LogP contribution < -0.4 is 5.32 Å². The summed E-state index contributed by atoms with van der Waals surface area (Å²) in [5.41, 5.74) is 2.86. The van der Waals surface area contributed by atoms with Gasteiger partial charge in [-0.05, 0) is 36.8 Å². The van der Waals surface area contributed by atoms with E-state index in [1.54, 1.807) is 24.3 Å². The van der Waals surface area contributed by atoms with Crippen molar-refractivity contribution >= 4 is 17.2 Å². The summed E-state index contributed by atoms with van der Waals surface area (Å²) >= 11 is 1.38. The Balaban J connectivity index is 1.62. The minimum atomic E-state index is -0.312. The highest BCUT2D eigenvalue weighted by Gasteiger charge is 2.13. The Kier molecular flexibility index (Phi) is 5.40. The Morgan fingerprint density at radius 1 is 1.31 bits per heavy atom. The Bertz CT molecular complexity index is 960. The van der Waals surface area contributed by atoms with Crippen LogP contribution in [0.2, 0.25) is 0 Å². The van der Waals surface area contributed by atoms with Gasteiger partial charge in [0.15, 0.2) is 0 Å². The lowest BCUT2D eigenvalue weighted by molar-refractivity contribution is -0.121. The number of rotatable bonds is 5. The van der Waals surface area contributed by atoms with Crippen LogP contribution in [-0.2, 0) is 11.2 Å². The number of halogens is 1. The summed E-state index contributed by atoms with van der Waals surface area (Å²) in [6.45, 7) is 1.89. The second-order valence-electron chi connectivity index (χ2n) is 5.85. The first-order chi connectivity index (χ1) is 12.5. The average Bonchev–Trinajstić information content (AvgIpc) is 3.10. The predicted molar refractivity (Wildman–Crippen MR) is 98.9 cm³/mol. The molecular weight excluding hydrogens is 349 g/mol. The molecule has 1 atom stereocenters. The van der Waals surface area contributed by atoms with Crippen LogP contribution in [0.5, 0.6) is 0 Å². The molecule has 1 N–H and O–H groups in total. The summed E-state index contributed by atoms with van der Waals surface area (Å²) < 4.78 is 13.3. The minimum absolute atomic E-state index is 0.141. The molecule has 2 aromatic carbocycles. The van der Waals surface area contributed by atoms with E-state index in [2.05, 4.69) is 16.4 Å². The van der Waals surface area contributed by atoms with Crippen molar-refractivity contribution in [3.05, 3.63) is 76.5 Å². The van der Waals surface area contributed by atoms with Crippen LogP contribution in [0.15, 0.2) is 53.9 Å². The van der Waals surface area contributed by atoms with E-state index in [-0.39, 0.29) is 24.2 Å². The highest BCUT2D eigenvalue weighted by atomic mass is 32.1. The highest BCUT2D eigenvalue weighted by Crippen LogP contribution is 2.24. The van der Waals surface area contributed by atoms with E-state index >= 15 is 0 Å². The zero-order valence-corrected chi connectivity index (χ0v) is 14.9. The fourth-order valence-corrected chi connectivity index (χ4v) is 3.35. The molecule has 1 unspecified atom stereocenters. The number of nitrogens with zero attached hydrogens (tertiary/aromatic N) is 2. The van der Waals surface area contributed by atoms with Gasteiger partial charge in [-0.25, -0.2) is 9.37 Å². The van der Waals surface area contributed by atoms with Crippen LogP contribution in [0.4, 0.5) is 4.39 Å². The second kappa shape index (κ2) is 7.89. The van der Waals surface area contributed by atoms with Gasteiger partial charge in [-0.3, -0.25) is 4.79 Å². The number of benzene rings is 2. The van der Waals surface area contributed by atoms with Gasteiger partial charge in [0, 0.05) is 10.9 Å². The van der Waals surface area contributed by atoms with Crippen LogP contribution in [0.25, 0.3) is 10.6 Å². The zero-order chi connectivity index (χ0) is 18.5. The van der Waals surface area contributed by atoms with Crippen LogP contribution >= 0.6 is 11.3 Å². The van der Waals surface area contributed by atoms with Crippen LogP contribution in [0.3, 0.4) is 0 Å². The molecule has 3 rings (SSSR count). The number of carbonyl (C=O) groups excluding carboxylic acids is 1. The van der Waals surface area contributed by atoms with Gasteiger partial charge < -0.3 is 5.32 Å². The Labute approximate surface area is 154 Å². The van der Waals surface area contributed by atoms with E-state index in [9.17, 15) is 9.18 Å². The van der Waals surface area contributed by atoms with E-state index < -0.39 is 0 Å². The minimum Gasteiger partial charge on any atom is -0.349 e. The molecule has 0 fully saturated rings. The van der Waals surface area contributed by atoms with Crippen molar-refractivity contribution in [1.29, 1.82) is 5.26 Å².